The molecule has 1 saturated heterocycles. The molecule has 0 radical (unpaired) electrons. The highest BCUT2D eigenvalue weighted by molar-refractivity contribution is 5.80. The van der Waals surface area contributed by atoms with Crippen molar-refractivity contribution in [2.75, 3.05) is 36.9 Å². The molecule has 1 aliphatic rings. The predicted octanol–water partition coefficient (Wildman–Crippen LogP) is 3.37. The van der Waals surface area contributed by atoms with Gasteiger partial charge in [0.2, 0.25) is 5.95 Å². The molecule has 0 amide bonds. The van der Waals surface area contributed by atoms with Crippen LogP contribution in [0.2, 0.25) is 0 Å². The fourth-order valence-electron chi connectivity index (χ4n) is 3.19. The Kier molecular flexibility index (Phi) is 4.50. The minimum atomic E-state index is -0.312. The molecule has 0 unspecified atom stereocenters. The lowest BCUT2D eigenvalue weighted by Gasteiger charge is -2.30. The van der Waals surface area contributed by atoms with Crippen LogP contribution in [0.15, 0.2) is 54.9 Å². The van der Waals surface area contributed by atoms with E-state index in [-0.39, 0.29) is 11.8 Å². The van der Waals surface area contributed by atoms with Crippen LogP contribution in [0.1, 0.15) is 0 Å². The molecule has 0 bridgehead atoms. The second kappa shape index (κ2) is 7.09. The Morgan fingerprint density at radius 3 is 2.38 bits per heavy atom. The lowest BCUT2D eigenvalue weighted by atomic mass is 9.99. The van der Waals surface area contributed by atoms with E-state index in [0.29, 0.717) is 24.3 Å². The van der Waals surface area contributed by atoms with Crippen molar-refractivity contribution < 1.29 is 9.13 Å². The van der Waals surface area contributed by atoms with E-state index in [0.717, 1.165) is 29.9 Å². The molecule has 0 spiro atoms. The van der Waals surface area contributed by atoms with E-state index in [1.165, 1.54) is 12.4 Å². The number of benzene rings is 2. The van der Waals surface area contributed by atoms with Crippen LogP contribution < -0.4 is 10.6 Å². The quantitative estimate of drug-likeness (QED) is 0.785. The zero-order valence-corrected chi connectivity index (χ0v) is 14.2. The highest BCUT2D eigenvalue weighted by atomic mass is 19.1. The highest BCUT2D eigenvalue weighted by Gasteiger charge is 2.16. The molecule has 2 N–H and O–H groups in total. The summed E-state index contributed by atoms with van der Waals surface area (Å²) in [5.74, 6) is -0.141. The lowest BCUT2D eigenvalue weighted by Crippen LogP contribution is -2.36. The Balaban J connectivity index is 1.71. The summed E-state index contributed by atoms with van der Waals surface area (Å²) in [5.41, 5.74) is 9.50. The first-order chi connectivity index (χ1) is 12.7. The minimum Gasteiger partial charge on any atom is -0.378 e. The molecular weight excluding hydrogens is 331 g/mol. The molecule has 1 aliphatic heterocycles. The third-order valence-corrected chi connectivity index (χ3v) is 4.52. The van der Waals surface area contributed by atoms with E-state index in [4.69, 9.17) is 10.5 Å². The number of nitrogens with zero attached hydrogens (tertiary/aromatic N) is 3. The van der Waals surface area contributed by atoms with E-state index in [9.17, 15) is 4.39 Å². The van der Waals surface area contributed by atoms with Crippen LogP contribution in [-0.2, 0) is 4.74 Å². The third kappa shape index (κ3) is 3.23. The average molecular weight is 350 g/mol. The van der Waals surface area contributed by atoms with Gasteiger partial charge in [-0.1, -0.05) is 30.3 Å². The van der Waals surface area contributed by atoms with Crippen LogP contribution >= 0.6 is 0 Å². The summed E-state index contributed by atoms with van der Waals surface area (Å²) in [4.78, 5) is 10.1. The maximum absolute atomic E-state index is 14.8. The van der Waals surface area contributed by atoms with Gasteiger partial charge in [0.15, 0.2) is 0 Å². The van der Waals surface area contributed by atoms with Crippen molar-refractivity contribution in [3.63, 3.8) is 0 Å². The van der Waals surface area contributed by atoms with Gasteiger partial charge < -0.3 is 15.4 Å². The monoisotopic (exact) mass is 350 g/mol. The minimum absolute atomic E-state index is 0.171. The summed E-state index contributed by atoms with van der Waals surface area (Å²) >= 11 is 0. The number of nitrogens with two attached hydrogens (primary N) is 1. The van der Waals surface area contributed by atoms with E-state index < -0.39 is 0 Å². The van der Waals surface area contributed by atoms with Crippen molar-refractivity contribution >= 4 is 11.6 Å². The lowest BCUT2D eigenvalue weighted by molar-refractivity contribution is 0.123. The first-order valence-electron chi connectivity index (χ1n) is 8.52. The molecule has 3 aromatic rings. The van der Waals surface area contributed by atoms with E-state index in [2.05, 4.69) is 20.9 Å². The van der Waals surface area contributed by atoms with E-state index in [1.54, 1.807) is 12.1 Å². The van der Waals surface area contributed by atoms with Crippen LogP contribution in [0.3, 0.4) is 0 Å². The molecular formula is C20H19FN4O. The van der Waals surface area contributed by atoms with Crippen LogP contribution in [0.4, 0.5) is 16.0 Å². The largest absolute Gasteiger partial charge is 0.378 e. The van der Waals surface area contributed by atoms with Gasteiger partial charge in [-0.25, -0.2) is 14.4 Å². The van der Waals surface area contributed by atoms with Gasteiger partial charge in [0.1, 0.15) is 5.82 Å². The van der Waals surface area contributed by atoms with Crippen LogP contribution in [0, 0.1) is 5.82 Å². The highest BCUT2D eigenvalue weighted by Crippen LogP contribution is 2.33. The standard InChI is InChI=1S/C20H19FN4O/c21-18-11-14(5-6-16(18)15-12-23-20(22)24-13-15)17-3-1-2-4-19(17)25-7-9-26-10-8-25/h1-6,11-13H,7-10H2,(H2,22,23,24). The Morgan fingerprint density at radius 1 is 0.923 bits per heavy atom. The number of nitrogen functional groups attached to an aromatic ring is 1. The fraction of sp³-hybridized carbons (Fsp3) is 0.200. The van der Waals surface area contributed by atoms with Gasteiger partial charge in [-0.2, -0.15) is 0 Å². The summed E-state index contributed by atoms with van der Waals surface area (Å²) in [6.07, 6.45) is 3.06. The van der Waals surface area contributed by atoms with Crippen molar-refractivity contribution in [2.45, 2.75) is 0 Å². The van der Waals surface area contributed by atoms with Crippen molar-refractivity contribution in [1.82, 2.24) is 9.97 Å². The molecule has 5 nitrogen and oxygen atoms in total. The van der Waals surface area contributed by atoms with Crippen molar-refractivity contribution in [1.29, 1.82) is 0 Å². The number of morpholine rings is 1. The topological polar surface area (TPSA) is 64.3 Å². The molecule has 1 fully saturated rings. The van der Waals surface area contributed by atoms with Crippen LogP contribution in [-0.4, -0.2) is 36.3 Å². The number of ether oxygens (including phenoxy) is 1. The van der Waals surface area contributed by atoms with Crippen molar-refractivity contribution in [2.24, 2.45) is 0 Å². The molecule has 6 heteroatoms. The van der Waals surface area contributed by atoms with E-state index >= 15 is 0 Å². The first-order valence-corrected chi connectivity index (χ1v) is 8.52. The molecule has 26 heavy (non-hydrogen) atoms. The number of para-hydroxylation sites is 1. The Hall–Kier alpha value is -2.99. The Morgan fingerprint density at radius 2 is 1.65 bits per heavy atom. The van der Waals surface area contributed by atoms with Gasteiger partial charge in [0.25, 0.3) is 0 Å². The first kappa shape index (κ1) is 16.5. The SMILES string of the molecule is Nc1ncc(-c2ccc(-c3ccccc3N3CCOCC3)cc2F)cn1. The van der Waals surface area contributed by atoms with Gasteiger partial charge in [-0.3, -0.25) is 0 Å². The predicted molar refractivity (Wildman–Crippen MR) is 100 cm³/mol. The summed E-state index contributed by atoms with van der Waals surface area (Å²) in [7, 11) is 0. The number of hydrogen-bond donors (Lipinski definition) is 1. The van der Waals surface area contributed by atoms with Crippen molar-refractivity contribution in [3.8, 4) is 22.3 Å². The average Bonchev–Trinajstić information content (AvgIpc) is 2.69. The second-order valence-electron chi connectivity index (χ2n) is 6.14. The molecule has 2 aromatic carbocycles. The maximum Gasteiger partial charge on any atom is 0.219 e. The Bertz CT molecular complexity index is 908. The summed E-state index contributed by atoms with van der Waals surface area (Å²) in [6, 6.07) is 13.3. The second-order valence-corrected chi connectivity index (χ2v) is 6.14. The van der Waals surface area contributed by atoms with Gasteiger partial charge in [-0.05, 0) is 17.7 Å². The number of anilines is 2. The number of hydrogen-bond acceptors (Lipinski definition) is 5. The number of rotatable bonds is 3. The molecule has 4 rings (SSSR count). The zero-order valence-electron chi connectivity index (χ0n) is 14.2. The zero-order chi connectivity index (χ0) is 17.9. The Labute approximate surface area is 151 Å². The van der Waals surface area contributed by atoms with Crippen LogP contribution in [0.5, 0.6) is 0 Å². The van der Waals surface area contributed by atoms with Gasteiger partial charge in [0, 0.05) is 47.9 Å². The molecule has 2 heterocycles. The molecule has 0 aliphatic carbocycles. The molecule has 0 atom stereocenters. The molecule has 0 saturated carbocycles. The number of aromatic nitrogens is 2. The third-order valence-electron chi connectivity index (χ3n) is 4.52. The molecule has 1 aromatic heterocycles. The molecule has 132 valence electrons. The normalized spacial score (nSPS) is 14.4. The van der Waals surface area contributed by atoms with Gasteiger partial charge >= 0.3 is 0 Å². The van der Waals surface area contributed by atoms with Crippen LogP contribution in [0.25, 0.3) is 22.3 Å². The summed E-state index contributed by atoms with van der Waals surface area (Å²) < 4.78 is 20.2. The summed E-state index contributed by atoms with van der Waals surface area (Å²) in [5, 5.41) is 0. The summed E-state index contributed by atoms with van der Waals surface area (Å²) in [6.45, 7) is 3.08. The van der Waals surface area contributed by atoms with Crippen molar-refractivity contribution in [3.05, 3.63) is 60.7 Å². The maximum atomic E-state index is 14.8. The van der Waals surface area contributed by atoms with E-state index in [1.807, 2.05) is 24.3 Å². The fourth-order valence-corrected chi connectivity index (χ4v) is 3.19. The number of halogens is 1. The van der Waals surface area contributed by atoms with Gasteiger partial charge in [-0.15, -0.1) is 0 Å². The van der Waals surface area contributed by atoms with Gasteiger partial charge in [0.05, 0.1) is 13.2 Å². The smallest absolute Gasteiger partial charge is 0.219 e.